The van der Waals surface area contributed by atoms with E-state index in [0.29, 0.717) is 0 Å². The summed E-state index contributed by atoms with van der Waals surface area (Å²) in [7, 11) is 0. The number of fused-ring (bicyclic) bond motifs is 3. The molecule has 7 heteroatoms. The maximum absolute atomic E-state index is 12.8. The first-order valence-corrected chi connectivity index (χ1v) is 9.82. The van der Waals surface area contributed by atoms with Crippen LogP contribution in [0, 0.1) is 11.8 Å². The molecule has 0 aromatic heterocycles. The second-order valence-electron chi connectivity index (χ2n) is 7.21. The molecule has 0 heterocycles. The van der Waals surface area contributed by atoms with Crippen LogP contribution >= 0.6 is 0 Å². The molecule has 4 rings (SSSR count). The number of alkyl halides is 3. The van der Waals surface area contributed by atoms with E-state index >= 15 is 0 Å². The Morgan fingerprint density at radius 1 is 1.00 bits per heavy atom. The number of nitrogens with one attached hydrogen (secondary N) is 1. The zero-order chi connectivity index (χ0) is 22.7. The zero-order valence-corrected chi connectivity index (χ0v) is 16.7. The van der Waals surface area contributed by atoms with Gasteiger partial charge < -0.3 is 15.2 Å². The minimum atomic E-state index is -4.54. The highest BCUT2D eigenvalue weighted by molar-refractivity contribution is 5.79. The van der Waals surface area contributed by atoms with Crippen molar-refractivity contribution in [3.63, 3.8) is 0 Å². The molecule has 0 aliphatic heterocycles. The summed E-state index contributed by atoms with van der Waals surface area (Å²) in [5, 5.41) is 12.1. The fourth-order valence-electron chi connectivity index (χ4n) is 3.72. The van der Waals surface area contributed by atoms with E-state index in [9.17, 15) is 23.1 Å². The predicted octanol–water partition coefficient (Wildman–Crippen LogP) is 5.30. The van der Waals surface area contributed by atoms with E-state index in [1.54, 1.807) is 0 Å². The van der Waals surface area contributed by atoms with Gasteiger partial charge >= 0.3 is 12.3 Å². The number of amides is 1. The second-order valence-corrected chi connectivity index (χ2v) is 7.21. The number of benzene rings is 3. The van der Waals surface area contributed by atoms with E-state index in [4.69, 9.17) is 4.74 Å². The van der Waals surface area contributed by atoms with Crippen LogP contribution in [0.3, 0.4) is 0 Å². The van der Waals surface area contributed by atoms with Crippen LogP contribution in [-0.4, -0.2) is 24.4 Å². The van der Waals surface area contributed by atoms with Crippen LogP contribution in [0.5, 0.6) is 5.75 Å². The molecule has 0 saturated heterocycles. The lowest BCUT2D eigenvalue weighted by Crippen LogP contribution is -2.26. The number of halogens is 3. The summed E-state index contributed by atoms with van der Waals surface area (Å²) in [5.41, 5.74) is 3.31. The average Bonchev–Trinajstić information content (AvgIpc) is 3.09. The van der Waals surface area contributed by atoms with E-state index in [2.05, 4.69) is 17.2 Å². The van der Waals surface area contributed by atoms with Gasteiger partial charge in [-0.2, -0.15) is 13.2 Å². The number of ether oxygens (including phenoxy) is 1. The van der Waals surface area contributed by atoms with Crippen molar-refractivity contribution in [1.82, 2.24) is 5.32 Å². The standard InChI is InChI=1S/C25H18F3NO3/c26-25(27,28)17-11-12-23(30)16(14-17)6-5-13-29-24(31)32-15-22-20-9-3-1-7-18(20)19-8-2-4-10-21(19)22/h1-4,7-12,14,22,30H,13,15H2,(H,29,31). The molecule has 1 aliphatic rings. The molecule has 0 bridgehead atoms. The number of aromatic hydroxyl groups is 1. The van der Waals surface area contributed by atoms with Gasteiger partial charge in [0.15, 0.2) is 0 Å². The maximum Gasteiger partial charge on any atom is 0.416 e. The SMILES string of the molecule is O=C(NCC#Cc1cc(C(F)(F)F)ccc1O)OCC1c2ccccc2-c2ccccc21. The van der Waals surface area contributed by atoms with E-state index in [0.717, 1.165) is 40.5 Å². The topological polar surface area (TPSA) is 58.6 Å². The van der Waals surface area contributed by atoms with Gasteiger partial charge in [-0.05, 0) is 40.5 Å². The molecule has 3 aromatic carbocycles. The zero-order valence-electron chi connectivity index (χ0n) is 16.7. The van der Waals surface area contributed by atoms with Crippen molar-refractivity contribution in [1.29, 1.82) is 0 Å². The molecule has 2 N–H and O–H groups in total. The number of phenolic OH excluding ortho intramolecular Hbond substituents is 1. The minimum Gasteiger partial charge on any atom is -0.507 e. The summed E-state index contributed by atoms with van der Waals surface area (Å²) in [6.07, 6.45) is -5.22. The van der Waals surface area contributed by atoms with E-state index in [1.165, 1.54) is 0 Å². The van der Waals surface area contributed by atoms with Gasteiger partial charge in [0, 0.05) is 5.92 Å². The van der Waals surface area contributed by atoms with Crippen molar-refractivity contribution in [3.8, 4) is 28.7 Å². The first-order chi connectivity index (χ1) is 15.3. The number of alkyl carbamates (subject to hydrolysis) is 1. The summed E-state index contributed by atoms with van der Waals surface area (Å²) in [6, 6.07) is 18.4. The molecule has 3 aromatic rings. The van der Waals surface area contributed by atoms with Crippen molar-refractivity contribution in [2.45, 2.75) is 12.1 Å². The first-order valence-electron chi connectivity index (χ1n) is 9.82. The molecule has 0 fully saturated rings. The summed E-state index contributed by atoms with van der Waals surface area (Å²) in [4.78, 5) is 12.1. The number of carbonyl (C=O) groups is 1. The Labute approximate surface area is 182 Å². The van der Waals surface area contributed by atoms with Crippen molar-refractivity contribution in [2.75, 3.05) is 13.2 Å². The molecule has 0 unspecified atom stereocenters. The summed E-state index contributed by atoms with van der Waals surface area (Å²) in [6.45, 7) is -0.00589. The third kappa shape index (κ3) is 4.40. The molecule has 0 radical (unpaired) electrons. The second kappa shape index (κ2) is 8.67. The van der Waals surface area contributed by atoms with Gasteiger partial charge in [-0.25, -0.2) is 4.79 Å². The quantitative estimate of drug-likeness (QED) is 0.547. The lowest BCUT2D eigenvalue weighted by molar-refractivity contribution is -0.137. The summed E-state index contributed by atoms with van der Waals surface area (Å²) >= 11 is 0. The van der Waals surface area contributed by atoms with Crippen LogP contribution in [0.25, 0.3) is 11.1 Å². The largest absolute Gasteiger partial charge is 0.507 e. The molecule has 0 spiro atoms. The van der Waals surface area contributed by atoms with Crippen molar-refractivity contribution < 1.29 is 27.8 Å². The molecule has 32 heavy (non-hydrogen) atoms. The van der Waals surface area contributed by atoms with Gasteiger partial charge in [0.1, 0.15) is 12.4 Å². The van der Waals surface area contributed by atoms with E-state index < -0.39 is 17.8 Å². The highest BCUT2D eigenvalue weighted by Crippen LogP contribution is 2.44. The Kier molecular flexibility index (Phi) is 5.78. The van der Waals surface area contributed by atoms with Gasteiger partial charge in [-0.15, -0.1) is 0 Å². The maximum atomic E-state index is 12.8. The van der Waals surface area contributed by atoms with Crippen LogP contribution in [0.15, 0.2) is 66.7 Å². The van der Waals surface area contributed by atoms with Crippen LogP contribution < -0.4 is 5.32 Å². The number of hydrogen-bond acceptors (Lipinski definition) is 3. The lowest BCUT2D eigenvalue weighted by atomic mass is 9.98. The smallest absolute Gasteiger partial charge is 0.416 e. The monoisotopic (exact) mass is 437 g/mol. The fourth-order valence-corrected chi connectivity index (χ4v) is 3.72. The lowest BCUT2D eigenvalue weighted by Gasteiger charge is -2.14. The Balaban J connectivity index is 1.36. The van der Waals surface area contributed by atoms with Crippen LogP contribution in [-0.2, 0) is 10.9 Å². The summed E-state index contributed by atoms with van der Waals surface area (Å²) in [5.74, 6) is 4.50. The highest BCUT2D eigenvalue weighted by Gasteiger charge is 2.31. The highest BCUT2D eigenvalue weighted by atomic mass is 19.4. The third-order valence-corrected chi connectivity index (χ3v) is 5.21. The van der Waals surface area contributed by atoms with Crippen molar-refractivity contribution in [2.24, 2.45) is 0 Å². The van der Waals surface area contributed by atoms with Crippen LogP contribution in [0.2, 0.25) is 0 Å². The summed E-state index contributed by atoms with van der Waals surface area (Å²) < 4.78 is 43.7. The Morgan fingerprint density at radius 3 is 2.25 bits per heavy atom. The molecule has 1 aliphatic carbocycles. The average molecular weight is 437 g/mol. The Morgan fingerprint density at radius 2 is 1.62 bits per heavy atom. The van der Waals surface area contributed by atoms with E-state index in [1.807, 2.05) is 48.5 Å². The molecule has 1 amide bonds. The third-order valence-electron chi connectivity index (χ3n) is 5.21. The first kappa shape index (κ1) is 21.3. The van der Waals surface area contributed by atoms with Gasteiger partial charge in [0.2, 0.25) is 0 Å². The molecule has 4 nitrogen and oxygen atoms in total. The van der Waals surface area contributed by atoms with Crippen LogP contribution in [0.1, 0.15) is 28.2 Å². The van der Waals surface area contributed by atoms with Crippen LogP contribution in [0.4, 0.5) is 18.0 Å². The van der Waals surface area contributed by atoms with Gasteiger partial charge in [-0.3, -0.25) is 0 Å². The predicted molar refractivity (Wildman–Crippen MR) is 113 cm³/mol. The number of hydrogen-bond donors (Lipinski definition) is 2. The van der Waals surface area contributed by atoms with E-state index in [-0.39, 0.29) is 30.4 Å². The molecule has 162 valence electrons. The van der Waals surface area contributed by atoms with Gasteiger partial charge in [0.05, 0.1) is 17.7 Å². The van der Waals surface area contributed by atoms with Crippen molar-refractivity contribution in [3.05, 3.63) is 89.0 Å². The minimum absolute atomic E-state index is 0.0821. The Hall–Kier alpha value is -3.92. The molecule has 0 saturated carbocycles. The number of rotatable bonds is 3. The number of carbonyl (C=O) groups excluding carboxylic acids is 1. The number of phenols is 1. The molecule has 0 atom stereocenters. The normalized spacial score (nSPS) is 12.3. The van der Waals surface area contributed by atoms with Gasteiger partial charge in [-0.1, -0.05) is 60.4 Å². The van der Waals surface area contributed by atoms with Crippen molar-refractivity contribution >= 4 is 6.09 Å². The van der Waals surface area contributed by atoms with Gasteiger partial charge in [0.25, 0.3) is 0 Å². The molecular formula is C25H18F3NO3. The Bertz CT molecular complexity index is 1180. The molecular weight excluding hydrogens is 419 g/mol. The fraction of sp³-hybridized carbons (Fsp3) is 0.160.